The molecule has 1 fully saturated rings. The first-order chi connectivity index (χ1) is 12.1. The number of ether oxygens (including phenoxy) is 2. The lowest BCUT2D eigenvalue weighted by Gasteiger charge is -2.36. The number of hydrogen-bond acceptors (Lipinski definition) is 4. The largest absolute Gasteiger partial charge is 0.497 e. The lowest BCUT2D eigenvalue weighted by atomic mass is 10.1. The number of amides is 1. The molecule has 0 bridgehead atoms. The number of benzene rings is 2. The summed E-state index contributed by atoms with van der Waals surface area (Å²) in [7, 11) is 3.12. The Morgan fingerprint density at radius 1 is 0.960 bits per heavy atom. The van der Waals surface area contributed by atoms with Crippen LogP contribution in [0.4, 0.5) is 10.1 Å². The molecule has 1 amide bonds. The number of halogens is 1. The lowest BCUT2D eigenvalue weighted by molar-refractivity contribution is 0.0743. The third-order valence-corrected chi connectivity index (χ3v) is 4.40. The summed E-state index contributed by atoms with van der Waals surface area (Å²) in [6, 6.07) is 11.9. The standard InChI is InChI=1S/C19H21FN2O3/c1-24-16-6-4-15(5-7-16)21-9-11-22(12-10-21)19(23)17-13-14(20)3-8-18(17)25-2/h3-8,13H,9-12H2,1-2H3. The van der Waals surface area contributed by atoms with E-state index in [4.69, 9.17) is 9.47 Å². The Morgan fingerprint density at radius 2 is 1.64 bits per heavy atom. The van der Waals surface area contributed by atoms with Crippen molar-refractivity contribution in [2.75, 3.05) is 45.3 Å². The van der Waals surface area contributed by atoms with Crippen molar-refractivity contribution in [3.05, 3.63) is 53.8 Å². The summed E-state index contributed by atoms with van der Waals surface area (Å²) < 4.78 is 23.9. The van der Waals surface area contributed by atoms with Gasteiger partial charge < -0.3 is 19.3 Å². The van der Waals surface area contributed by atoms with Crippen molar-refractivity contribution < 1.29 is 18.7 Å². The average molecular weight is 344 g/mol. The van der Waals surface area contributed by atoms with Crippen LogP contribution in [0.3, 0.4) is 0 Å². The van der Waals surface area contributed by atoms with Crippen molar-refractivity contribution in [1.29, 1.82) is 0 Å². The van der Waals surface area contributed by atoms with Crippen LogP contribution < -0.4 is 14.4 Å². The van der Waals surface area contributed by atoms with Crippen LogP contribution in [0.5, 0.6) is 11.5 Å². The molecule has 1 aliphatic heterocycles. The van der Waals surface area contributed by atoms with Crippen molar-refractivity contribution in [3.63, 3.8) is 0 Å². The van der Waals surface area contributed by atoms with Gasteiger partial charge in [-0.2, -0.15) is 0 Å². The van der Waals surface area contributed by atoms with E-state index in [9.17, 15) is 9.18 Å². The van der Waals surface area contributed by atoms with Gasteiger partial charge in [-0.1, -0.05) is 0 Å². The minimum Gasteiger partial charge on any atom is -0.497 e. The molecular formula is C19H21FN2O3. The molecule has 5 nitrogen and oxygen atoms in total. The van der Waals surface area contributed by atoms with Gasteiger partial charge in [-0.25, -0.2) is 4.39 Å². The summed E-state index contributed by atoms with van der Waals surface area (Å²) in [4.78, 5) is 16.7. The molecule has 0 radical (unpaired) electrons. The Kier molecular flexibility index (Phi) is 5.07. The Labute approximate surface area is 146 Å². The van der Waals surface area contributed by atoms with E-state index >= 15 is 0 Å². The van der Waals surface area contributed by atoms with E-state index in [1.807, 2.05) is 24.3 Å². The van der Waals surface area contributed by atoms with E-state index < -0.39 is 5.82 Å². The van der Waals surface area contributed by atoms with Crippen LogP contribution >= 0.6 is 0 Å². The maximum absolute atomic E-state index is 13.5. The minimum absolute atomic E-state index is 0.203. The smallest absolute Gasteiger partial charge is 0.257 e. The van der Waals surface area contributed by atoms with Gasteiger partial charge in [-0.3, -0.25) is 4.79 Å². The van der Waals surface area contributed by atoms with Crippen LogP contribution in [0.2, 0.25) is 0 Å². The van der Waals surface area contributed by atoms with Gasteiger partial charge in [0.1, 0.15) is 17.3 Å². The number of methoxy groups -OCH3 is 2. The average Bonchev–Trinajstić information content (AvgIpc) is 2.67. The number of nitrogens with zero attached hydrogens (tertiary/aromatic N) is 2. The second-order valence-corrected chi connectivity index (χ2v) is 5.82. The topological polar surface area (TPSA) is 42.0 Å². The van der Waals surface area contributed by atoms with Crippen LogP contribution in [0.25, 0.3) is 0 Å². The van der Waals surface area contributed by atoms with Gasteiger partial charge in [0.2, 0.25) is 0 Å². The van der Waals surface area contributed by atoms with Gasteiger partial charge in [-0.15, -0.1) is 0 Å². The van der Waals surface area contributed by atoms with E-state index in [1.54, 1.807) is 12.0 Å². The molecule has 25 heavy (non-hydrogen) atoms. The third-order valence-electron chi connectivity index (χ3n) is 4.40. The fourth-order valence-corrected chi connectivity index (χ4v) is 2.98. The van der Waals surface area contributed by atoms with Crippen molar-refractivity contribution in [1.82, 2.24) is 4.90 Å². The third kappa shape index (κ3) is 3.68. The molecule has 0 saturated carbocycles. The number of hydrogen-bond donors (Lipinski definition) is 0. The maximum atomic E-state index is 13.5. The van der Waals surface area contributed by atoms with E-state index in [-0.39, 0.29) is 11.5 Å². The van der Waals surface area contributed by atoms with Crippen molar-refractivity contribution in [3.8, 4) is 11.5 Å². The summed E-state index contributed by atoms with van der Waals surface area (Å²) in [5.41, 5.74) is 1.36. The van der Waals surface area contributed by atoms with Gasteiger partial charge in [0.25, 0.3) is 5.91 Å². The molecule has 1 saturated heterocycles. The summed E-state index contributed by atoms with van der Waals surface area (Å²) in [5, 5.41) is 0. The number of rotatable bonds is 4. The van der Waals surface area contributed by atoms with Crippen LogP contribution in [-0.2, 0) is 0 Å². The molecule has 3 rings (SSSR count). The highest BCUT2D eigenvalue weighted by atomic mass is 19.1. The molecule has 1 aliphatic rings. The molecule has 2 aromatic rings. The van der Waals surface area contributed by atoms with Crippen LogP contribution in [-0.4, -0.2) is 51.2 Å². The summed E-state index contributed by atoms with van der Waals surface area (Å²) in [6.45, 7) is 2.58. The van der Waals surface area contributed by atoms with Crippen LogP contribution in [0, 0.1) is 5.82 Å². The zero-order valence-corrected chi connectivity index (χ0v) is 14.4. The SMILES string of the molecule is COc1ccc(N2CCN(C(=O)c3cc(F)ccc3OC)CC2)cc1. The molecule has 0 spiro atoms. The second kappa shape index (κ2) is 7.42. The van der Waals surface area contributed by atoms with Crippen LogP contribution in [0.1, 0.15) is 10.4 Å². The van der Waals surface area contributed by atoms with Crippen LogP contribution in [0.15, 0.2) is 42.5 Å². The molecule has 0 unspecified atom stereocenters. The molecule has 0 N–H and O–H groups in total. The van der Waals surface area contributed by atoms with Crippen molar-refractivity contribution in [2.24, 2.45) is 0 Å². The zero-order chi connectivity index (χ0) is 17.8. The number of piperazine rings is 1. The monoisotopic (exact) mass is 344 g/mol. The first kappa shape index (κ1) is 17.1. The van der Waals surface area contributed by atoms with Gasteiger partial charge in [0.15, 0.2) is 0 Å². The lowest BCUT2D eigenvalue weighted by Crippen LogP contribution is -2.48. The van der Waals surface area contributed by atoms with Crippen molar-refractivity contribution >= 4 is 11.6 Å². The first-order valence-corrected chi connectivity index (χ1v) is 8.14. The highest BCUT2D eigenvalue weighted by molar-refractivity contribution is 5.97. The first-order valence-electron chi connectivity index (χ1n) is 8.14. The summed E-state index contributed by atoms with van der Waals surface area (Å²) in [6.07, 6.45) is 0. The van der Waals surface area contributed by atoms with Gasteiger partial charge in [0.05, 0.1) is 19.8 Å². The molecule has 0 aliphatic carbocycles. The molecule has 0 aromatic heterocycles. The number of anilines is 1. The van der Waals surface area contributed by atoms with E-state index in [0.717, 1.165) is 24.5 Å². The predicted molar refractivity (Wildman–Crippen MR) is 94.1 cm³/mol. The highest BCUT2D eigenvalue weighted by Gasteiger charge is 2.24. The second-order valence-electron chi connectivity index (χ2n) is 5.82. The number of carbonyl (C=O) groups excluding carboxylic acids is 1. The fraction of sp³-hybridized carbons (Fsp3) is 0.316. The van der Waals surface area contributed by atoms with E-state index in [2.05, 4.69) is 4.90 Å². The van der Waals surface area contributed by atoms with E-state index in [0.29, 0.717) is 18.8 Å². The molecule has 6 heteroatoms. The maximum Gasteiger partial charge on any atom is 0.257 e. The minimum atomic E-state index is -0.444. The quantitative estimate of drug-likeness (QED) is 0.855. The summed E-state index contributed by atoms with van der Waals surface area (Å²) >= 11 is 0. The Balaban J connectivity index is 1.67. The van der Waals surface area contributed by atoms with E-state index in [1.165, 1.54) is 25.3 Å². The fourth-order valence-electron chi connectivity index (χ4n) is 2.98. The van der Waals surface area contributed by atoms with Gasteiger partial charge in [0, 0.05) is 31.9 Å². The molecule has 0 atom stereocenters. The number of carbonyl (C=O) groups is 1. The summed E-state index contributed by atoms with van der Waals surface area (Å²) in [5.74, 6) is 0.562. The molecule has 132 valence electrons. The Morgan fingerprint density at radius 3 is 2.24 bits per heavy atom. The Bertz CT molecular complexity index is 741. The highest BCUT2D eigenvalue weighted by Crippen LogP contribution is 2.24. The Hall–Kier alpha value is -2.76. The normalized spacial score (nSPS) is 14.4. The zero-order valence-electron chi connectivity index (χ0n) is 14.4. The van der Waals surface area contributed by atoms with Gasteiger partial charge >= 0.3 is 0 Å². The van der Waals surface area contributed by atoms with Gasteiger partial charge in [-0.05, 0) is 42.5 Å². The molecule has 2 aromatic carbocycles. The van der Waals surface area contributed by atoms with Crippen molar-refractivity contribution in [2.45, 2.75) is 0 Å². The molecule has 1 heterocycles. The predicted octanol–water partition coefficient (Wildman–Crippen LogP) is 2.81. The molecular weight excluding hydrogens is 323 g/mol.